The molecule has 1 atom stereocenters. The van der Waals surface area contributed by atoms with Gasteiger partial charge in [0.1, 0.15) is 0 Å². The highest BCUT2D eigenvalue weighted by Gasteiger charge is 2.11. The Hall–Kier alpha value is -0.860. The Bertz CT molecular complexity index is 339. The molecule has 0 aliphatic rings. The maximum Gasteiger partial charge on any atom is 0.0329 e. The normalized spacial score (nSPS) is 13.2. The molecule has 0 aliphatic heterocycles. The Kier molecular flexibility index (Phi) is 7.11. The van der Waals surface area contributed by atoms with Crippen molar-refractivity contribution < 1.29 is 0 Å². The van der Waals surface area contributed by atoms with Gasteiger partial charge in [0.2, 0.25) is 0 Å². The average Bonchev–Trinajstić information content (AvgIpc) is 2.44. The van der Waals surface area contributed by atoms with E-state index in [2.05, 4.69) is 69.2 Å². The van der Waals surface area contributed by atoms with Gasteiger partial charge in [-0.25, -0.2) is 0 Å². The van der Waals surface area contributed by atoms with Crippen LogP contribution in [0.25, 0.3) is 0 Å². The van der Waals surface area contributed by atoms with Gasteiger partial charge in [-0.1, -0.05) is 52.0 Å². The largest absolute Gasteiger partial charge is 0.313 e. The molecule has 0 amide bonds. The number of benzene rings is 1. The van der Waals surface area contributed by atoms with E-state index in [-0.39, 0.29) is 0 Å². The summed E-state index contributed by atoms with van der Waals surface area (Å²) in [6.45, 7) is 12.4. The molecule has 0 saturated heterocycles. The van der Waals surface area contributed by atoms with Crippen molar-refractivity contribution in [3.63, 3.8) is 0 Å². The zero-order valence-electron chi connectivity index (χ0n) is 13.2. The highest BCUT2D eigenvalue weighted by atomic mass is 15.1. The minimum absolute atomic E-state index is 0.460. The van der Waals surface area contributed by atoms with Crippen LogP contribution in [0.5, 0.6) is 0 Å². The maximum absolute atomic E-state index is 3.44. The average molecular weight is 262 g/mol. The first-order valence-electron chi connectivity index (χ1n) is 7.61. The van der Waals surface area contributed by atoms with Crippen molar-refractivity contribution in [1.29, 1.82) is 0 Å². The fourth-order valence-corrected chi connectivity index (χ4v) is 2.44. The minimum atomic E-state index is 0.460. The van der Waals surface area contributed by atoms with Crippen molar-refractivity contribution in [2.45, 2.75) is 46.1 Å². The Balaban J connectivity index is 2.63. The van der Waals surface area contributed by atoms with E-state index in [4.69, 9.17) is 0 Å². The van der Waals surface area contributed by atoms with Gasteiger partial charge in [-0.2, -0.15) is 0 Å². The number of hydrogen-bond acceptors (Lipinski definition) is 2. The molecular weight excluding hydrogens is 232 g/mol. The van der Waals surface area contributed by atoms with E-state index >= 15 is 0 Å². The molecular formula is C17H30N2. The van der Waals surface area contributed by atoms with E-state index < -0.39 is 0 Å². The Morgan fingerprint density at radius 3 is 1.95 bits per heavy atom. The minimum Gasteiger partial charge on any atom is -0.313 e. The fourth-order valence-electron chi connectivity index (χ4n) is 2.44. The first kappa shape index (κ1) is 16.2. The standard InChI is InChI=1S/C17H30N2/c1-6-19(7-2)13-12-17(18-5)16-10-8-15(9-11-16)14(3)4/h8-11,14,17-18H,6-7,12-13H2,1-5H3. The number of nitrogens with zero attached hydrogens (tertiary/aromatic N) is 1. The summed E-state index contributed by atoms with van der Waals surface area (Å²) in [5, 5.41) is 3.44. The fraction of sp³-hybridized carbons (Fsp3) is 0.647. The monoisotopic (exact) mass is 262 g/mol. The van der Waals surface area contributed by atoms with E-state index in [1.54, 1.807) is 0 Å². The number of nitrogens with one attached hydrogen (secondary N) is 1. The lowest BCUT2D eigenvalue weighted by atomic mass is 9.97. The van der Waals surface area contributed by atoms with E-state index in [9.17, 15) is 0 Å². The van der Waals surface area contributed by atoms with Crippen molar-refractivity contribution in [3.05, 3.63) is 35.4 Å². The third-order valence-electron chi connectivity index (χ3n) is 3.98. The van der Waals surface area contributed by atoms with Crippen LogP contribution >= 0.6 is 0 Å². The molecule has 0 bridgehead atoms. The summed E-state index contributed by atoms with van der Waals surface area (Å²) in [6, 6.07) is 9.54. The molecule has 0 radical (unpaired) electrons. The van der Waals surface area contributed by atoms with Crippen molar-refractivity contribution in [2.75, 3.05) is 26.7 Å². The summed E-state index contributed by atoms with van der Waals surface area (Å²) >= 11 is 0. The van der Waals surface area contributed by atoms with Gasteiger partial charge in [0.05, 0.1) is 0 Å². The van der Waals surface area contributed by atoms with Crippen LogP contribution in [0.3, 0.4) is 0 Å². The Morgan fingerprint density at radius 2 is 1.53 bits per heavy atom. The summed E-state index contributed by atoms with van der Waals surface area (Å²) in [6.07, 6.45) is 1.17. The summed E-state index contributed by atoms with van der Waals surface area (Å²) in [5.41, 5.74) is 2.82. The molecule has 1 unspecified atom stereocenters. The van der Waals surface area contributed by atoms with Gasteiger partial charge < -0.3 is 10.2 Å². The lowest BCUT2D eigenvalue weighted by molar-refractivity contribution is 0.284. The Labute approximate surface area is 119 Å². The summed E-state index contributed by atoms with van der Waals surface area (Å²) < 4.78 is 0. The van der Waals surface area contributed by atoms with E-state index in [0.29, 0.717) is 12.0 Å². The van der Waals surface area contributed by atoms with Gasteiger partial charge in [0.25, 0.3) is 0 Å². The Morgan fingerprint density at radius 1 is 1.00 bits per heavy atom. The molecule has 1 aromatic rings. The van der Waals surface area contributed by atoms with Crippen LogP contribution in [-0.2, 0) is 0 Å². The smallest absolute Gasteiger partial charge is 0.0329 e. The summed E-state index contributed by atoms with van der Waals surface area (Å²) in [5.74, 6) is 0.609. The first-order valence-corrected chi connectivity index (χ1v) is 7.61. The predicted octanol–water partition coefficient (Wildman–Crippen LogP) is 3.80. The van der Waals surface area contributed by atoms with E-state index in [1.807, 2.05) is 0 Å². The molecule has 19 heavy (non-hydrogen) atoms. The van der Waals surface area contributed by atoms with Gasteiger partial charge in [-0.3, -0.25) is 0 Å². The lowest BCUT2D eigenvalue weighted by Crippen LogP contribution is -2.28. The molecule has 1 N–H and O–H groups in total. The van der Waals surface area contributed by atoms with Gasteiger partial charge in [0, 0.05) is 6.04 Å². The van der Waals surface area contributed by atoms with Crippen LogP contribution < -0.4 is 5.32 Å². The zero-order valence-corrected chi connectivity index (χ0v) is 13.2. The van der Waals surface area contributed by atoms with Crippen LogP contribution in [0.1, 0.15) is 57.2 Å². The maximum atomic E-state index is 3.44. The lowest BCUT2D eigenvalue weighted by Gasteiger charge is -2.23. The van der Waals surface area contributed by atoms with Gasteiger partial charge in [-0.05, 0) is 50.1 Å². The van der Waals surface area contributed by atoms with Crippen LogP contribution in [0.4, 0.5) is 0 Å². The molecule has 1 rings (SSSR count). The van der Waals surface area contributed by atoms with Gasteiger partial charge in [-0.15, -0.1) is 0 Å². The second-order valence-electron chi connectivity index (χ2n) is 5.48. The summed E-state index contributed by atoms with van der Waals surface area (Å²) in [7, 11) is 2.06. The van der Waals surface area contributed by atoms with Crippen LogP contribution in [0.15, 0.2) is 24.3 Å². The highest BCUT2D eigenvalue weighted by molar-refractivity contribution is 5.26. The van der Waals surface area contributed by atoms with Crippen molar-refractivity contribution >= 4 is 0 Å². The van der Waals surface area contributed by atoms with Crippen molar-refractivity contribution in [2.24, 2.45) is 0 Å². The highest BCUT2D eigenvalue weighted by Crippen LogP contribution is 2.20. The van der Waals surface area contributed by atoms with Crippen molar-refractivity contribution in [3.8, 4) is 0 Å². The second kappa shape index (κ2) is 8.34. The SMILES string of the molecule is CCN(CC)CCC(NC)c1ccc(C(C)C)cc1. The van der Waals surface area contributed by atoms with Crippen LogP contribution in [-0.4, -0.2) is 31.6 Å². The van der Waals surface area contributed by atoms with E-state index in [0.717, 1.165) is 19.6 Å². The third-order valence-corrected chi connectivity index (χ3v) is 3.98. The molecule has 1 aromatic carbocycles. The quantitative estimate of drug-likeness (QED) is 0.766. The molecule has 2 nitrogen and oxygen atoms in total. The first-order chi connectivity index (χ1) is 9.12. The molecule has 0 saturated carbocycles. The topological polar surface area (TPSA) is 15.3 Å². The molecule has 0 aromatic heterocycles. The third kappa shape index (κ3) is 4.96. The zero-order chi connectivity index (χ0) is 14.3. The molecule has 2 heteroatoms. The second-order valence-corrected chi connectivity index (χ2v) is 5.48. The molecule has 0 aliphatic carbocycles. The summed E-state index contributed by atoms with van der Waals surface area (Å²) in [4.78, 5) is 2.48. The molecule has 0 spiro atoms. The number of hydrogen-bond donors (Lipinski definition) is 1. The molecule has 108 valence electrons. The number of rotatable bonds is 8. The van der Waals surface area contributed by atoms with E-state index in [1.165, 1.54) is 17.5 Å². The molecule has 0 fully saturated rings. The van der Waals surface area contributed by atoms with Gasteiger partial charge in [0.15, 0.2) is 0 Å². The predicted molar refractivity (Wildman–Crippen MR) is 84.7 cm³/mol. The van der Waals surface area contributed by atoms with Gasteiger partial charge >= 0.3 is 0 Å². The van der Waals surface area contributed by atoms with Crippen LogP contribution in [0.2, 0.25) is 0 Å². The molecule has 0 heterocycles. The van der Waals surface area contributed by atoms with Crippen molar-refractivity contribution in [1.82, 2.24) is 10.2 Å². The van der Waals surface area contributed by atoms with Crippen LogP contribution in [0, 0.1) is 0 Å².